The lowest BCUT2D eigenvalue weighted by molar-refractivity contribution is -0.0177. The van der Waals surface area contributed by atoms with E-state index in [1.54, 1.807) is 23.1 Å². The average molecular weight is 667 g/mol. The number of aliphatic hydroxyl groups is 1. The van der Waals surface area contributed by atoms with Gasteiger partial charge in [-0.25, -0.2) is 4.79 Å². The summed E-state index contributed by atoms with van der Waals surface area (Å²) in [6.45, 7) is 8.34. The number of benzene rings is 2. The second-order valence-electron chi connectivity index (χ2n) is 13.8. The molecule has 0 spiro atoms. The molecule has 0 unspecified atom stereocenters. The number of amides is 3. The maximum absolute atomic E-state index is 14.4. The molecule has 264 valence electrons. The van der Waals surface area contributed by atoms with Gasteiger partial charge in [-0.3, -0.25) is 9.69 Å². The van der Waals surface area contributed by atoms with E-state index in [2.05, 4.69) is 35.6 Å². The van der Waals surface area contributed by atoms with Crippen LogP contribution in [0.5, 0.6) is 17.2 Å². The molecule has 0 bridgehead atoms. The Morgan fingerprint density at radius 2 is 1.75 bits per heavy atom. The van der Waals surface area contributed by atoms with E-state index in [9.17, 15) is 14.7 Å². The lowest BCUT2D eigenvalue weighted by Gasteiger charge is -2.36. The lowest BCUT2D eigenvalue weighted by atomic mass is 9.96. The second kappa shape index (κ2) is 17.2. The van der Waals surface area contributed by atoms with E-state index < -0.39 is 6.04 Å². The van der Waals surface area contributed by atoms with Crippen molar-refractivity contribution in [1.82, 2.24) is 15.1 Å². The smallest absolute Gasteiger partial charge is 0.319 e. The monoisotopic (exact) mass is 666 g/mol. The van der Waals surface area contributed by atoms with Crippen LogP contribution in [0.1, 0.15) is 88.1 Å². The van der Waals surface area contributed by atoms with Crippen LogP contribution in [0.2, 0.25) is 0 Å². The Bertz CT molecular complexity index is 1370. The summed E-state index contributed by atoms with van der Waals surface area (Å²) in [4.78, 5) is 31.2. The van der Waals surface area contributed by atoms with Crippen molar-refractivity contribution in [2.75, 3.05) is 45.5 Å². The van der Waals surface area contributed by atoms with E-state index in [0.717, 1.165) is 62.0 Å². The standard InChI is InChI=1S/C37H54N4O7/c1-25-20-41(26(2)23-42)36(43)31-19-30(39-37(44)38-29-11-6-5-7-12-29)14-16-32(31)48-27(3)10-8-9-17-45-35(25)22-40(4)21-28-13-15-33-34(18-28)47-24-46-33/h13-16,18-19,25-27,29,35,42H,5-12,17,20-24H2,1-4H3,(H2,38,39,44)/t25-,26-,27+,35-/m0/s1. The summed E-state index contributed by atoms with van der Waals surface area (Å²) in [6.07, 6.45) is 7.74. The predicted octanol–water partition coefficient (Wildman–Crippen LogP) is 5.80. The zero-order valence-corrected chi connectivity index (χ0v) is 29.0. The fourth-order valence-electron chi connectivity index (χ4n) is 6.79. The van der Waals surface area contributed by atoms with Gasteiger partial charge in [-0.2, -0.15) is 0 Å². The number of rotatable bonds is 8. The average Bonchev–Trinajstić information content (AvgIpc) is 3.54. The molecule has 2 heterocycles. The summed E-state index contributed by atoms with van der Waals surface area (Å²) in [7, 11) is 2.07. The Labute approximate surface area is 285 Å². The Balaban J connectivity index is 1.34. The van der Waals surface area contributed by atoms with Crippen molar-refractivity contribution >= 4 is 17.6 Å². The van der Waals surface area contributed by atoms with Crippen molar-refractivity contribution < 1.29 is 33.6 Å². The highest BCUT2D eigenvalue weighted by Crippen LogP contribution is 2.33. The van der Waals surface area contributed by atoms with E-state index >= 15 is 0 Å². The molecule has 1 fully saturated rings. The molecule has 11 nitrogen and oxygen atoms in total. The lowest BCUT2D eigenvalue weighted by Crippen LogP contribution is -2.47. The van der Waals surface area contributed by atoms with Gasteiger partial charge >= 0.3 is 6.03 Å². The fourth-order valence-corrected chi connectivity index (χ4v) is 6.79. The number of carbonyl (C=O) groups is 2. The number of carbonyl (C=O) groups excluding carboxylic acids is 2. The first-order valence-corrected chi connectivity index (χ1v) is 17.7. The molecule has 0 aromatic heterocycles. The first-order chi connectivity index (χ1) is 23.2. The first-order valence-electron chi connectivity index (χ1n) is 17.7. The molecule has 0 saturated heterocycles. The van der Waals surface area contributed by atoms with Gasteiger partial charge in [-0.1, -0.05) is 32.3 Å². The minimum atomic E-state index is -0.448. The van der Waals surface area contributed by atoms with E-state index in [1.165, 1.54) is 6.42 Å². The number of fused-ring (bicyclic) bond motifs is 2. The number of hydrogen-bond donors (Lipinski definition) is 3. The highest BCUT2D eigenvalue weighted by atomic mass is 16.7. The van der Waals surface area contributed by atoms with Gasteiger partial charge in [0.15, 0.2) is 11.5 Å². The van der Waals surface area contributed by atoms with Crippen LogP contribution in [0.4, 0.5) is 10.5 Å². The van der Waals surface area contributed by atoms with Gasteiger partial charge in [0.1, 0.15) is 5.75 Å². The number of anilines is 1. The van der Waals surface area contributed by atoms with Crippen molar-refractivity contribution in [1.29, 1.82) is 0 Å². The number of likely N-dealkylation sites (N-methyl/N-ethyl adjacent to an activating group) is 1. The summed E-state index contributed by atoms with van der Waals surface area (Å²) < 4.78 is 23.9. The second-order valence-corrected chi connectivity index (χ2v) is 13.8. The molecule has 5 rings (SSSR count). The SMILES string of the molecule is C[C@@H]1CCCCO[C@@H](CN(C)Cc2ccc3c(c2)OCO3)[C@@H](C)CN([C@@H](C)CO)C(=O)c2cc(NC(=O)NC3CCCCC3)ccc2O1. The summed E-state index contributed by atoms with van der Waals surface area (Å²) in [5, 5.41) is 16.3. The molecule has 0 radical (unpaired) electrons. The number of aliphatic hydroxyl groups excluding tert-OH is 1. The largest absolute Gasteiger partial charge is 0.490 e. The van der Waals surface area contributed by atoms with E-state index in [-0.39, 0.29) is 49.5 Å². The number of urea groups is 1. The van der Waals surface area contributed by atoms with Crippen LogP contribution in [0.25, 0.3) is 0 Å². The summed E-state index contributed by atoms with van der Waals surface area (Å²) >= 11 is 0. The van der Waals surface area contributed by atoms with Crippen LogP contribution >= 0.6 is 0 Å². The molecule has 1 saturated carbocycles. The van der Waals surface area contributed by atoms with Crippen molar-refractivity contribution in [3.05, 3.63) is 47.5 Å². The van der Waals surface area contributed by atoms with Gasteiger partial charge in [0.25, 0.3) is 5.91 Å². The molecule has 3 amide bonds. The van der Waals surface area contributed by atoms with Crippen LogP contribution in [0, 0.1) is 5.92 Å². The van der Waals surface area contributed by atoms with Crippen molar-refractivity contribution in [3.8, 4) is 17.2 Å². The quantitative estimate of drug-likeness (QED) is 0.324. The third kappa shape index (κ3) is 9.76. The molecular formula is C37H54N4O7. The van der Waals surface area contributed by atoms with E-state index in [4.69, 9.17) is 18.9 Å². The summed E-state index contributed by atoms with van der Waals surface area (Å²) in [5.41, 5.74) is 1.99. The van der Waals surface area contributed by atoms with E-state index in [1.807, 2.05) is 26.0 Å². The first kappa shape index (κ1) is 35.8. The van der Waals surface area contributed by atoms with Gasteiger partial charge in [0.2, 0.25) is 6.79 Å². The molecule has 11 heteroatoms. The Morgan fingerprint density at radius 1 is 1.00 bits per heavy atom. The van der Waals surface area contributed by atoms with Crippen molar-refractivity contribution in [2.45, 2.75) is 103 Å². The van der Waals surface area contributed by atoms with Crippen molar-refractivity contribution in [2.24, 2.45) is 5.92 Å². The molecule has 3 aliphatic rings. The molecule has 1 aliphatic carbocycles. The normalized spacial score (nSPS) is 23.2. The van der Waals surface area contributed by atoms with Gasteiger partial charge in [0, 0.05) is 43.9 Å². The van der Waals surface area contributed by atoms with Gasteiger partial charge in [-0.05, 0) is 88.9 Å². The third-order valence-corrected chi connectivity index (χ3v) is 9.63. The highest BCUT2D eigenvalue weighted by molar-refractivity contribution is 5.99. The zero-order valence-electron chi connectivity index (χ0n) is 29.0. The molecule has 2 aromatic carbocycles. The van der Waals surface area contributed by atoms with Crippen molar-refractivity contribution in [3.63, 3.8) is 0 Å². The molecule has 48 heavy (non-hydrogen) atoms. The van der Waals surface area contributed by atoms with Gasteiger partial charge in [0.05, 0.1) is 30.4 Å². The number of hydrogen-bond acceptors (Lipinski definition) is 8. The topological polar surface area (TPSA) is 122 Å². The fraction of sp³-hybridized carbons (Fsp3) is 0.622. The Morgan fingerprint density at radius 3 is 2.54 bits per heavy atom. The maximum Gasteiger partial charge on any atom is 0.319 e. The van der Waals surface area contributed by atoms with Gasteiger partial charge in [-0.15, -0.1) is 0 Å². The molecular weight excluding hydrogens is 612 g/mol. The van der Waals surface area contributed by atoms with Crippen LogP contribution in [0.15, 0.2) is 36.4 Å². The molecule has 2 aromatic rings. The maximum atomic E-state index is 14.4. The number of ether oxygens (including phenoxy) is 4. The number of nitrogens with one attached hydrogen (secondary N) is 2. The minimum absolute atomic E-state index is 0.0454. The van der Waals surface area contributed by atoms with Crippen LogP contribution < -0.4 is 24.8 Å². The third-order valence-electron chi connectivity index (χ3n) is 9.63. The predicted molar refractivity (Wildman–Crippen MR) is 185 cm³/mol. The summed E-state index contributed by atoms with van der Waals surface area (Å²) in [5.74, 6) is 1.70. The van der Waals surface area contributed by atoms with Gasteiger partial charge < -0.3 is 39.6 Å². The molecule has 4 atom stereocenters. The zero-order chi connectivity index (χ0) is 34.0. The van der Waals surface area contributed by atoms with Crippen LogP contribution in [-0.4, -0.2) is 91.3 Å². The van der Waals surface area contributed by atoms with Crippen LogP contribution in [-0.2, 0) is 11.3 Å². The highest BCUT2D eigenvalue weighted by Gasteiger charge is 2.31. The molecule has 2 aliphatic heterocycles. The number of nitrogens with zero attached hydrogens (tertiary/aromatic N) is 2. The minimum Gasteiger partial charge on any atom is -0.490 e. The summed E-state index contributed by atoms with van der Waals surface area (Å²) in [6, 6.07) is 10.7. The molecule has 3 N–H and O–H groups in total. The van der Waals surface area contributed by atoms with Crippen LogP contribution in [0.3, 0.4) is 0 Å². The van der Waals surface area contributed by atoms with E-state index in [0.29, 0.717) is 43.2 Å². The Hall–Kier alpha value is -3.54. The Kier molecular flexibility index (Phi) is 12.8.